The highest BCUT2D eigenvalue weighted by Gasteiger charge is 2.07. The van der Waals surface area contributed by atoms with Crippen LogP contribution in [0.15, 0.2) is 24.3 Å². The van der Waals surface area contributed by atoms with Crippen molar-refractivity contribution in [3.05, 3.63) is 35.4 Å². The number of alkyl halides is 2. The lowest BCUT2D eigenvalue weighted by atomic mass is 10.1. The number of aromatic carboxylic acids is 1. The maximum Gasteiger partial charge on any atom is 0.335 e. The summed E-state index contributed by atoms with van der Waals surface area (Å²) in [5.41, 5.74) is 1.09. The van der Waals surface area contributed by atoms with Gasteiger partial charge in [0, 0.05) is 5.88 Å². The number of hydrogen-bond donors (Lipinski definition) is 1. The molecule has 0 unspecified atom stereocenters. The first-order valence-corrected chi connectivity index (χ1v) is 4.65. The Hall–Kier alpha value is -0.730. The van der Waals surface area contributed by atoms with E-state index in [1.54, 1.807) is 12.1 Å². The summed E-state index contributed by atoms with van der Waals surface area (Å²) in [6.07, 6.45) is 0. The van der Waals surface area contributed by atoms with Gasteiger partial charge >= 0.3 is 5.97 Å². The zero-order valence-corrected chi connectivity index (χ0v) is 8.22. The minimum Gasteiger partial charge on any atom is -0.478 e. The van der Waals surface area contributed by atoms with Crippen molar-refractivity contribution in [1.29, 1.82) is 0 Å². The first-order valence-electron chi connectivity index (χ1n) is 3.68. The second-order valence-corrected chi connectivity index (χ2v) is 3.38. The number of hydrogen-bond acceptors (Lipinski definition) is 1. The Kier molecular flexibility index (Phi) is 3.58. The van der Waals surface area contributed by atoms with Crippen molar-refractivity contribution in [3.8, 4) is 0 Å². The molecular formula is C9H8Cl2O2. The molecule has 70 valence electrons. The molecule has 0 heterocycles. The number of carboxylic acid groups (broad SMARTS) is 1. The molecule has 1 atom stereocenters. The molecule has 0 saturated heterocycles. The van der Waals surface area contributed by atoms with Gasteiger partial charge in [-0.2, -0.15) is 0 Å². The number of rotatable bonds is 3. The lowest BCUT2D eigenvalue weighted by Gasteiger charge is -2.05. The third-order valence-corrected chi connectivity index (χ3v) is 2.53. The normalized spacial score (nSPS) is 12.5. The fourth-order valence-corrected chi connectivity index (χ4v) is 1.25. The van der Waals surface area contributed by atoms with Gasteiger partial charge in [-0.15, -0.1) is 23.2 Å². The minimum absolute atomic E-state index is 0.252. The monoisotopic (exact) mass is 218 g/mol. The van der Waals surface area contributed by atoms with Gasteiger partial charge in [-0.05, 0) is 17.7 Å². The first-order chi connectivity index (χ1) is 6.15. The quantitative estimate of drug-likeness (QED) is 0.793. The van der Waals surface area contributed by atoms with Gasteiger partial charge in [0.15, 0.2) is 0 Å². The minimum atomic E-state index is -0.941. The molecule has 0 amide bonds. The van der Waals surface area contributed by atoms with Crippen LogP contribution in [0.1, 0.15) is 21.3 Å². The molecule has 1 aromatic carbocycles. The highest BCUT2D eigenvalue weighted by atomic mass is 35.5. The molecule has 13 heavy (non-hydrogen) atoms. The zero-order valence-electron chi connectivity index (χ0n) is 6.71. The van der Waals surface area contributed by atoms with E-state index in [2.05, 4.69) is 0 Å². The van der Waals surface area contributed by atoms with Gasteiger partial charge in [-0.3, -0.25) is 0 Å². The van der Waals surface area contributed by atoms with Gasteiger partial charge in [0.1, 0.15) is 0 Å². The van der Waals surface area contributed by atoms with Crippen LogP contribution in [0.5, 0.6) is 0 Å². The van der Waals surface area contributed by atoms with Crippen molar-refractivity contribution in [2.24, 2.45) is 0 Å². The predicted octanol–water partition coefficient (Wildman–Crippen LogP) is 2.90. The van der Waals surface area contributed by atoms with Crippen LogP contribution in [-0.2, 0) is 0 Å². The largest absolute Gasteiger partial charge is 0.478 e. The standard InChI is InChI=1S/C9H8Cl2O2/c10-5-8(11)6-1-3-7(4-2-6)9(12)13/h1-4,8H,5H2,(H,12,13)/t8-/m0/s1. The first kappa shape index (κ1) is 10.4. The van der Waals surface area contributed by atoms with E-state index in [1.165, 1.54) is 12.1 Å². The predicted molar refractivity (Wildman–Crippen MR) is 52.7 cm³/mol. The molecule has 2 nitrogen and oxygen atoms in total. The van der Waals surface area contributed by atoms with Crippen molar-refractivity contribution in [2.45, 2.75) is 5.38 Å². The van der Waals surface area contributed by atoms with E-state index in [0.717, 1.165) is 5.56 Å². The Morgan fingerprint density at radius 2 is 1.92 bits per heavy atom. The summed E-state index contributed by atoms with van der Waals surface area (Å²) < 4.78 is 0. The van der Waals surface area contributed by atoms with Crippen LogP contribution in [-0.4, -0.2) is 17.0 Å². The van der Waals surface area contributed by atoms with E-state index < -0.39 is 5.97 Å². The second kappa shape index (κ2) is 4.49. The van der Waals surface area contributed by atoms with Crippen molar-refractivity contribution < 1.29 is 9.90 Å². The SMILES string of the molecule is O=C(O)c1ccc([C@@H](Cl)CCl)cc1. The molecule has 0 fully saturated rings. The summed E-state index contributed by atoms with van der Waals surface area (Å²) in [5, 5.41) is 8.35. The van der Waals surface area contributed by atoms with Crippen LogP contribution < -0.4 is 0 Å². The summed E-state index contributed by atoms with van der Waals surface area (Å²) in [6.45, 7) is 0. The maximum absolute atomic E-state index is 10.5. The van der Waals surface area contributed by atoms with Crippen LogP contribution in [0.25, 0.3) is 0 Å². The summed E-state index contributed by atoms with van der Waals surface area (Å²) in [6, 6.07) is 6.37. The van der Waals surface area contributed by atoms with Gasteiger partial charge in [0.05, 0.1) is 10.9 Å². The van der Waals surface area contributed by atoms with Gasteiger partial charge in [-0.1, -0.05) is 12.1 Å². The lowest BCUT2D eigenvalue weighted by Crippen LogP contribution is -1.97. The molecule has 0 aliphatic rings. The van der Waals surface area contributed by atoms with Crippen LogP contribution >= 0.6 is 23.2 Å². The van der Waals surface area contributed by atoms with Gasteiger partial charge in [-0.25, -0.2) is 4.79 Å². The molecule has 0 saturated carbocycles. The number of carbonyl (C=O) groups is 1. The van der Waals surface area contributed by atoms with Crippen LogP contribution in [0.4, 0.5) is 0 Å². The highest BCUT2D eigenvalue weighted by molar-refractivity contribution is 6.28. The fraction of sp³-hybridized carbons (Fsp3) is 0.222. The van der Waals surface area contributed by atoms with E-state index in [-0.39, 0.29) is 10.9 Å². The summed E-state index contributed by atoms with van der Waals surface area (Å²) in [5.74, 6) is -0.628. The van der Waals surface area contributed by atoms with E-state index in [9.17, 15) is 4.79 Å². The molecule has 0 bridgehead atoms. The lowest BCUT2D eigenvalue weighted by molar-refractivity contribution is 0.0697. The maximum atomic E-state index is 10.5. The Morgan fingerprint density at radius 1 is 1.38 bits per heavy atom. The van der Waals surface area contributed by atoms with Crippen molar-refractivity contribution in [1.82, 2.24) is 0 Å². The van der Waals surface area contributed by atoms with E-state index in [0.29, 0.717) is 5.88 Å². The summed E-state index contributed by atoms with van der Waals surface area (Å²) >= 11 is 11.4. The van der Waals surface area contributed by atoms with Gasteiger partial charge in [0.25, 0.3) is 0 Å². The smallest absolute Gasteiger partial charge is 0.335 e. The molecule has 0 aromatic heterocycles. The summed E-state index contributed by atoms with van der Waals surface area (Å²) in [4.78, 5) is 10.5. The average Bonchev–Trinajstić information content (AvgIpc) is 2.17. The van der Waals surface area contributed by atoms with Crippen LogP contribution in [0, 0.1) is 0 Å². The van der Waals surface area contributed by atoms with Crippen molar-refractivity contribution in [3.63, 3.8) is 0 Å². The van der Waals surface area contributed by atoms with E-state index in [1.807, 2.05) is 0 Å². The molecule has 0 spiro atoms. The van der Waals surface area contributed by atoms with E-state index in [4.69, 9.17) is 28.3 Å². The van der Waals surface area contributed by atoms with Crippen LogP contribution in [0.3, 0.4) is 0 Å². The highest BCUT2D eigenvalue weighted by Crippen LogP contribution is 2.21. The molecule has 1 rings (SSSR count). The third kappa shape index (κ3) is 2.61. The zero-order chi connectivity index (χ0) is 9.84. The molecule has 4 heteroatoms. The van der Waals surface area contributed by atoms with E-state index >= 15 is 0 Å². The molecule has 1 N–H and O–H groups in total. The Labute approximate surface area is 86.1 Å². The molecule has 0 aliphatic carbocycles. The molecule has 0 aliphatic heterocycles. The van der Waals surface area contributed by atoms with Crippen molar-refractivity contribution >= 4 is 29.2 Å². The Morgan fingerprint density at radius 3 is 2.31 bits per heavy atom. The average molecular weight is 219 g/mol. The fourth-order valence-electron chi connectivity index (χ4n) is 0.924. The van der Waals surface area contributed by atoms with Crippen LogP contribution in [0.2, 0.25) is 0 Å². The molecular weight excluding hydrogens is 211 g/mol. The topological polar surface area (TPSA) is 37.3 Å². The van der Waals surface area contributed by atoms with Gasteiger partial charge < -0.3 is 5.11 Å². The number of carboxylic acids is 1. The Bertz CT molecular complexity index is 295. The Balaban J connectivity index is 2.87. The summed E-state index contributed by atoms with van der Waals surface area (Å²) in [7, 11) is 0. The van der Waals surface area contributed by atoms with Gasteiger partial charge in [0.2, 0.25) is 0 Å². The number of halogens is 2. The molecule has 0 radical (unpaired) electrons. The van der Waals surface area contributed by atoms with Crippen molar-refractivity contribution in [2.75, 3.05) is 5.88 Å². The second-order valence-electron chi connectivity index (χ2n) is 2.55. The number of benzene rings is 1. The third-order valence-electron chi connectivity index (χ3n) is 1.65. The molecule has 1 aromatic rings.